The molecule has 1 saturated heterocycles. The maximum absolute atomic E-state index is 12.9. The van der Waals surface area contributed by atoms with Crippen LogP contribution in [-0.4, -0.2) is 35.1 Å². The van der Waals surface area contributed by atoms with Crippen molar-refractivity contribution in [3.63, 3.8) is 0 Å². The fourth-order valence-electron chi connectivity index (χ4n) is 3.63. The molecule has 3 nitrogen and oxygen atoms in total. The summed E-state index contributed by atoms with van der Waals surface area (Å²) in [5.74, 6) is 1.18. The van der Waals surface area contributed by atoms with Crippen LogP contribution in [0.5, 0.6) is 0 Å². The molecule has 1 aliphatic heterocycles. The van der Waals surface area contributed by atoms with Gasteiger partial charge in [0.15, 0.2) is 0 Å². The van der Waals surface area contributed by atoms with E-state index < -0.39 is 0 Å². The van der Waals surface area contributed by atoms with Gasteiger partial charge >= 0.3 is 0 Å². The molecule has 21 heavy (non-hydrogen) atoms. The maximum atomic E-state index is 12.9. The number of carbonyl (C=O) groups excluding carboxylic acids is 1. The van der Waals surface area contributed by atoms with Gasteiger partial charge in [-0.15, -0.1) is 11.3 Å². The fourth-order valence-corrected chi connectivity index (χ4v) is 4.86. The first-order chi connectivity index (χ1) is 10.1. The third-order valence-electron chi connectivity index (χ3n) is 5.13. The molecule has 3 atom stereocenters. The Kier molecular flexibility index (Phi) is 4.36. The smallest absolute Gasteiger partial charge is 0.255 e. The number of rotatable bonds is 2. The first-order valence-electron chi connectivity index (χ1n) is 8.11. The largest absolute Gasteiger partial charge is 0.396 e. The number of hydrogen-bond donors (Lipinski definition) is 1. The van der Waals surface area contributed by atoms with Crippen LogP contribution in [0.25, 0.3) is 0 Å². The molecular formula is C17H25NO2S. The lowest BCUT2D eigenvalue weighted by atomic mass is 9.87. The predicted octanol–water partition coefficient (Wildman–Crippen LogP) is 3.11. The SMILES string of the molecule is CC1CCc2c(C(=O)N3CC(CO)CCC3C)csc2C1. The molecule has 1 aromatic heterocycles. The highest BCUT2D eigenvalue weighted by atomic mass is 32.1. The number of amides is 1. The van der Waals surface area contributed by atoms with Gasteiger partial charge in [-0.1, -0.05) is 6.92 Å². The number of thiophene rings is 1. The Morgan fingerprint density at radius 3 is 2.95 bits per heavy atom. The number of aliphatic hydroxyl groups is 1. The van der Waals surface area contributed by atoms with Gasteiger partial charge in [0, 0.05) is 29.5 Å². The molecule has 0 saturated carbocycles. The summed E-state index contributed by atoms with van der Waals surface area (Å²) in [6, 6.07) is 0.290. The lowest BCUT2D eigenvalue weighted by Crippen LogP contribution is -2.46. The summed E-state index contributed by atoms with van der Waals surface area (Å²) in [4.78, 5) is 16.3. The van der Waals surface area contributed by atoms with E-state index in [9.17, 15) is 9.90 Å². The second-order valence-corrected chi connectivity index (χ2v) is 7.80. The van der Waals surface area contributed by atoms with Gasteiger partial charge in [-0.25, -0.2) is 0 Å². The van der Waals surface area contributed by atoms with Crippen LogP contribution in [0.3, 0.4) is 0 Å². The molecule has 1 fully saturated rings. The van der Waals surface area contributed by atoms with E-state index in [4.69, 9.17) is 0 Å². The number of hydrogen-bond acceptors (Lipinski definition) is 3. The number of carbonyl (C=O) groups is 1. The zero-order valence-corrected chi connectivity index (χ0v) is 13.8. The van der Waals surface area contributed by atoms with Gasteiger partial charge in [0.25, 0.3) is 5.91 Å². The van der Waals surface area contributed by atoms with Gasteiger partial charge in [-0.2, -0.15) is 0 Å². The van der Waals surface area contributed by atoms with Crippen molar-refractivity contribution in [3.05, 3.63) is 21.4 Å². The number of aliphatic hydroxyl groups excluding tert-OH is 1. The van der Waals surface area contributed by atoms with E-state index in [2.05, 4.69) is 19.2 Å². The van der Waals surface area contributed by atoms with Gasteiger partial charge in [-0.05, 0) is 56.4 Å². The summed E-state index contributed by atoms with van der Waals surface area (Å²) in [5, 5.41) is 11.5. The minimum absolute atomic E-state index is 0.188. The van der Waals surface area contributed by atoms with Crippen molar-refractivity contribution in [2.75, 3.05) is 13.2 Å². The second kappa shape index (κ2) is 6.09. The highest BCUT2D eigenvalue weighted by molar-refractivity contribution is 7.10. The summed E-state index contributed by atoms with van der Waals surface area (Å²) in [6.45, 7) is 5.32. The molecule has 0 spiro atoms. The van der Waals surface area contributed by atoms with Crippen molar-refractivity contribution >= 4 is 17.2 Å². The molecule has 0 radical (unpaired) electrons. The van der Waals surface area contributed by atoms with Gasteiger partial charge in [0.1, 0.15) is 0 Å². The minimum atomic E-state index is 0.188. The van der Waals surface area contributed by atoms with Crippen molar-refractivity contribution in [1.29, 1.82) is 0 Å². The standard InChI is InChI=1S/C17H25NO2S/c1-11-3-6-14-15(10-21-16(14)7-11)17(20)18-8-13(9-19)5-4-12(18)2/h10-13,19H,3-9H2,1-2H3. The van der Waals surface area contributed by atoms with Crippen LogP contribution in [0.4, 0.5) is 0 Å². The summed E-state index contributed by atoms with van der Waals surface area (Å²) in [6.07, 6.45) is 5.40. The molecule has 2 heterocycles. The molecule has 2 aliphatic rings. The molecule has 3 unspecified atom stereocenters. The lowest BCUT2D eigenvalue weighted by molar-refractivity contribution is 0.0488. The predicted molar refractivity (Wildman–Crippen MR) is 85.8 cm³/mol. The molecule has 116 valence electrons. The van der Waals surface area contributed by atoms with Crippen LogP contribution in [0.15, 0.2) is 5.38 Å². The monoisotopic (exact) mass is 307 g/mol. The van der Waals surface area contributed by atoms with Crippen molar-refractivity contribution in [2.24, 2.45) is 11.8 Å². The molecule has 3 rings (SSSR count). The molecule has 1 amide bonds. The van der Waals surface area contributed by atoms with E-state index in [1.54, 1.807) is 11.3 Å². The summed E-state index contributed by atoms with van der Waals surface area (Å²) >= 11 is 1.76. The van der Waals surface area contributed by atoms with Gasteiger partial charge < -0.3 is 10.0 Å². The van der Waals surface area contributed by atoms with Crippen LogP contribution in [0.2, 0.25) is 0 Å². The van der Waals surface area contributed by atoms with Crippen LogP contribution in [0.1, 0.15) is 53.9 Å². The maximum Gasteiger partial charge on any atom is 0.255 e. The third kappa shape index (κ3) is 2.88. The van der Waals surface area contributed by atoms with Crippen molar-refractivity contribution < 1.29 is 9.90 Å². The highest BCUT2D eigenvalue weighted by Gasteiger charge is 2.32. The van der Waals surface area contributed by atoms with E-state index in [-0.39, 0.29) is 18.4 Å². The van der Waals surface area contributed by atoms with E-state index in [0.29, 0.717) is 12.6 Å². The number of likely N-dealkylation sites (tertiary alicyclic amines) is 1. The first kappa shape index (κ1) is 15.0. The van der Waals surface area contributed by atoms with Gasteiger partial charge in [-0.3, -0.25) is 4.79 Å². The van der Waals surface area contributed by atoms with Crippen LogP contribution in [-0.2, 0) is 12.8 Å². The Labute approximate surface area is 131 Å². The zero-order valence-electron chi connectivity index (χ0n) is 13.0. The Hall–Kier alpha value is -0.870. The van der Waals surface area contributed by atoms with E-state index in [1.165, 1.54) is 16.9 Å². The average molecular weight is 307 g/mol. The number of nitrogens with zero attached hydrogens (tertiary/aromatic N) is 1. The Morgan fingerprint density at radius 2 is 2.19 bits per heavy atom. The molecule has 1 aromatic rings. The van der Waals surface area contributed by atoms with Crippen LogP contribution >= 0.6 is 11.3 Å². The topological polar surface area (TPSA) is 40.5 Å². The Morgan fingerprint density at radius 1 is 1.38 bits per heavy atom. The van der Waals surface area contributed by atoms with Gasteiger partial charge in [0.2, 0.25) is 0 Å². The Balaban J connectivity index is 1.82. The van der Waals surface area contributed by atoms with Gasteiger partial charge in [0.05, 0.1) is 5.56 Å². The fraction of sp³-hybridized carbons (Fsp3) is 0.706. The lowest BCUT2D eigenvalue weighted by Gasteiger charge is -2.37. The van der Waals surface area contributed by atoms with E-state index in [0.717, 1.165) is 37.2 Å². The quantitative estimate of drug-likeness (QED) is 0.912. The van der Waals surface area contributed by atoms with Crippen molar-refractivity contribution in [3.8, 4) is 0 Å². The molecule has 0 aromatic carbocycles. The molecular weight excluding hydrogens is 282 g/mol. The van der Waals surface area contributed by atoms with E-state index in [1.807, 2.05) is 4.90 Å². The molecule has 1 N–H and O–H groups in total. The second-order valence-electron chi connectivity index (χ2n) is 6.83. The average Bonchev–Trinajstić information content (AvgIpc) is 2.90. The Bertz CT molecular complexity index is 525. The third-order valence-corrected chi connectivity index (χ3v) is 6.18. The minimum Gasteiger partial charge on any atom is -0.396 e. The van der Waals surface area contributed by atoms with Crippen molar-refractivity contribution in [1.82, 2.24) is 4.90 Å². The number of piperidine rings is 1. The van der Waals surface area contributed by atoms with Crippen LogP contribution < -0.4 is 0 Å². The van der Waals surface area contributed by atoms with Crippen molar-refractivity contribution in [2.45, 2.75) is 52.0 Å². The molecule has 4 heteroatoms. The normalized spacial score (nSPS) is 29.3. The highest BCUT2D eigenvalue weighted by Crippen LogP contribution is 2.34. The molecule has 1 aliphatic carbocycles. The van der Waals surface area contributed by atoms with E-state index >= 15 is 0 Å². The summed E-state index contributed by atoms with van der Waals surface area (Å²) < 4.78 is 0. The summed E-state index contributed by atoms with van der Waals surface area (Å²) in [5.41, 5.74) is 2.24. The zero-order chi connectivity index (χ0) is 15.0. The summed E-state index contributed by atoms with van der Waals surface area (Å²) in [7, 11) is 0. The first-order valence-corrected chi connectivity index (χ1v) is 8.99. The molecule has 0 bridgehead atoms. The van der Waals surface area contributed by atoms with Crippen LogP contribution in [0, 0.1) is 11.8 Å². The number of fused-ring (bicyclic) bond motifs is 1.